The Balaban J connectivity index is 1.60. The highest BCUT2D eigenvalue weighted by Gasteiger charge is 2.19. The highest BCUT2D eigenvalue weighted by atomic mass is 35.5. The van der Waals surface area contributed by atoms with Gasteiger partial charge in [0.15, 0.2) is 0 Å². The van der Waals surface area contributed by atoms with E-state index in [1.165, 1.54) is 23.5 Å². The van der Waals surface area contributed by atoms with E-state index in [9.17, 15) is 9.18 Å². The first-order valence-electron chi connectivity index (χ1n) is 8.26. The minimum Gasteiger partial charge on any atom is -0.333 e. The standard InChI is InChI=1S/C20H13ClFN3O2S/c1-11-2-4-12(5-3-11)18-24-20(27-25-18)17-16(8-9-28-17)23-19(26)14-10-13(21)6-7-15(14)22/h2-10H,1H3,(H,23,26). The van der Waals surface area contributed by atoms with E-state index in [4.69, 9.17) is 16.1 Å². The zero-order valence-corrected chi connectivity index (χ0v) is 16.1. The number of thiophene rings is 1. The molecule has 4 aromatic rings. The molecule has 2 heterocycles. The van der Waals surface area contributed by atoms with Crippen LogP contribution >= 0.6 is 22.9 Å². The molecule has 2 aromatic carbocycles. The Morgan fingerprint density at radius 1 is 1.18 bits per heavy atom. The predicted molar refractivity (Wildman–Crippen MR) is 107 cm³/mol. The van der Waals surface area contributed by atoms with Gasteiger partial charge in [0.05, 0.1) is 11.3 Å². The summed E-state index contributed by atoms with van der Waals surface area (Å²) in [4.78, 5) is 17.5. The summed E-state index contributed by atoms with van der Waals surface area (Å²) < 4.78 is 19.3. The van der Waals surface area contributed by atoms with Crippen molar-refractivity contribution < 1.29 is 13.7 Å². The largest absolute Gasteiger partial charge is 0.333 e. The molecule has 140 valence electrons. The molecular formula is C20H13ClFN3O2S. The molecule has 0 aliphatic rings. The van der Waals surface area contributed by atoms with Crippen molar-refractivity contribution in [1.29, 1.82) is 0 Å². The number of carbonyl (C=O) groups is 1. The van der Waals surface area contributed by atoms with E-state index in [1.54, 1.807) is 11.4 Å². The van der Waals surface area contributed by atoms with E-state index in [1.807, 2.05) is 31.2 Å². The second kappa shape index (κ2) is 7.53. The summed E-state index contributed by atoms with van der Waals surface area (Å²) in [7, 11) is 0. The molecule has 0 radical (unpaired) electrons. The van der Waals surface area contributed by atoms with Crippen LogP contribution < -0.4 is 5.32 Å². The number of hydrogen-bond donors (Lipinski definition) is 1. The Hall–Kier alpha value is -3.03. The molecule has 0 spiro atoms. The molecule has 4 rings (SSSR count). The average molecular weight is 414 g/mol. The van der Waals surface area contributed by atoms with Gasteiger partial charge in [-0.2, -0.15) is 4.98 Å². The topological polar surface area (TPSA) is 68.0 Å². The molecule has 28 heavy (non-hydrogen) atoms. The Bertz CT molecular complexity index is 1150. The second-order valence-corrected chi connectivity index (χ2v) is 7.38. The number of carbonyl (C=O) groups excluding carboxylic acids is 1. The number of aromatic nitrogens is 2. The summed E-state index contributed by atoms with van der Waals surface area (Å²) >= 11 is 7.19. The van der Waals surface area contributed by atoms with E-state index in [0.717, 1.165) is 17.2 Å². The molecular weight excluding hydrogens is 401 g/mol. The number of anilines is 1. The van der Waals surface area contributed by atoms with E-state index in [0.29, 0.717) is 16.4 Å². The van der Waals surface area contributed by atoms with Crippen LogP contribution in [0.15, 0.2) is 58.4 Å². The second-order valence-electron chi connectivity index (χ2n) is 6.03. The van der Waals surface area contributed by atoms with Gasteiger partial charge in [-0.25, -0.2) is 4.39 Å². The molecule has 0 saturated carbocycles. The van der Waals surface area contributed by atoms with Crippen molar-refractivity contribution in [1.82, 2.24) is 10.1 Å². The molecule has 0 bridgehead atoms. The SMILES string of the molecule is Cc1ccc(-c2noc(-c3sccc3NC(=O)c3cc(Cl)ccc3F)n2)cc1. The van der Waals surface area contributed by atoms with Crippen LogP contribution in [0.2, 0.25) is 5.02 Å². The monoisotopic (exact) mass is 413 g/mol. The lowest BCUT2D eigenvalue weighted by atomic mass is 10.1. The van der Waals surface area contributed by atoms with Gasteiger partial charge < -0.3 is 9.84 Å². The van der Waals surface area contributed by atoms with Crippen molar-refractivity contribution in [2.24, 2.45) is 0 Å². The summed E-state index contributed by atoms with van der Waals surface area (Å²) in [6.45, 7) is 1.99. The van der Waals surface area contributed by atoms with E-state index in [-0.39, 0.29) is 16.5 Å². The van der Waals surface area contributed by atoms with Gasteiger partial charge in [-0.1, -0.05) is 46.6 Å². The molecule has 0 unspecified atom stereocenters. The molecule has 0 aliphatic heterocycles. The van der Waals surface area contributed by atoms with E-state index >= 15 is 0 Å². The van der Waals surface area contributed by atoms with Crippen LogP contribution in [0, 0.1) is 12.7 Å². The molecule has 5 nitrogen and oxygen atoms in total. The fraction of sp³-hybridized carbons (Fsp3) is 0.0500. The van der Waals surface area contributed by atoms with Crippen molar-refractivity contribution in [2.45, 2.75) is 6.92 Å². The van der Waals surface area contributed by atoms with Crippen molar-refractivity contribution in [3.05, 3.63) is 75.9 Å². The van der Waals surface area contributed by atoms with Gasteiger partial charge in [0.2, 0.25) is 5.82 Å². The summed E-state index contributed by atoms with van der Waals surface area (Å²) in [5.41, 5.74) is 2.26. The van der Waals surface area contributed by atoms with Gasteiger partial charge in [0.25, 0.3) is 11.8 Å². The Kier molecular flexibility index (Phi) is 4.93. The molecule has 0 saturated heterocycles. The molecule has 1 amide bonds. The van der Waals surface area contributed by atoms with Gasteiger partial charge >= 0.3 is 0 Å². The van der Waals surface area contributed by atoms with Crippen molar-refractivity contribution in [3.8, 4) is 22.2 Å². The molecule has 0 aliphatic carbocycles. The predicted octanol–water partition coefficient (Wildman–Crippen LogP) is 5.82. The first-order chi connectivity index (χ1) is 13.5. The maximum absolute atomic E-state index is 13.9. The van der Waals surface area contributed by atoms with Crippen LogP contribution in [-0.4, -0.2) is 16.0 Å². The summed E-state index contributed by atoms with van der Waals surface area (Å²) in [6.07, 6.45) is 0. The van der Waals surface area contributed by atoms with E-state index in [2.05, 4.69) is 15.5 Å². The normalized spacial score (nSPS) is 10.8. The third-order valence-corrected chi connectivity index (χ3v) is 5.15. The number of aryl methyl sites for hydroxylation is 1. The Morgan fingerprint density at radius 3 is 2.75 bits per heavy atom. The fourth-order valence-corrected chi connectivity index (χ4v) is 3.51. The third-order valence-electron chi connectivity index (χ3n) is 4.02. The molecule has 0 fully saturated rings. The van der Waals surface area contributed by atoms with Crippen molar-refractivity contribution in [2.75, 3.05) is 5.32 Å². The van der Waals surface area contributed by atoms with Gasteiger partial charge in [-0.05, 0) is 36.6 Å². The Morgan fingerprint density at radius 2 is 1.96 bits per heavy atom. The highest BCUT2D eigenvalue weighted by Crippen LogP contribution is 2.34. The highest BCUT2D eigenvalue weighted by molar-refractivity contribution is 7.14. The lowest BCUT2D eigenvalue weighted by molar-refractivity contribution is 0.102. The zero-order valence-electron chi connectivity index (χ0n) is 14.6. The summed E-state index contributed by atoms with van der Waals surface area (Å²) in [5, 5.41) is 8.73. The van der Waals surface area contributed by atoms with Crippen molar-refractivity contribution in [3.63, 3.8) is 0 Å². The maximum atomic E-state index is 13.9. The van der Waals surface area contributed by atoms with Gasteiger partial charge in [-0.3, -0.25) is 4.79 Å². The first kappa shape index (κ1) is 18.3. The van der Waals surface area contributed by atoms with Gasteiger partial charge in [-0.15, -0.1) is 11.3 Å². The Labute approximate surface area is 168 Å². The molecule has 1 N–H and O–H groups in total. The molecule has 2 aromatic heterocycles. The number of hydrogen-bond acceptors (Lipinski definition) is 5. The van der Waals surface area contributed by atoms with Crippen LogP contribution in [0.4, 0.5) is 10.1 Å². The van der Waals surface area contributed by atoms with Crippen LogP contribution in [-0.2, 0) is 0 Å². The molecule has 8 heteroatoms. The van der Waals surface area contributed by atoms with Crippen LogP contribution in [0.25, 0.3) is 22.2 Å². The van der Waals surface area contributed by atoms with Crippen molar-refractivity contribution >= 4 is 34.5 Å². The number of amides is 1. The fourth-order valence-electron chi connectivity index (χ4n) is 2.57. The molecule has 0 atom stereocenters. The number of rotatable bonds is 4. The number of nitrogens with zero attached hydrogens (tertiary/aromatic N) is 2. The van der Waals surface area contributed by atoms with Crippen LogP contribution in [0.1, 0.15) is 15.9 Å². The average Bonchev–Trinajstić information content (AvgIpc) is 3.33. The van der Waals surface area contributed by atoms with Gasteiger partial charge in [0, 0.05) is 10.6 Å². The maximum Gasteiger partial charge on any atom is 0.270 e. The minimum absolute atomic E-state index is 0.143. The number of halogens is 2. The lowest BCUT2D eigenvalue weighted by Gasteiger charge is -2.06. The van der Waals surface area contributed by atoms with Gasteiger partial charge in [0.1, 0.15) is 10.7 Å². The number of nitrogens with one attached hydrogen (secondary N) is 1. The summed E-state index contributed by atoms with van der Waals surface area (Å²) in [5.74, 6) is -0.551. The van der Waals surface area contributed by atoms with E-state index < -0.39 is 11.7 Å². The quantitative estimate of drug-likeness (QED) is 0.457. The third kappa shape index (κ3) is 3.67. The smallest absolute Gasteiger partial charge is 0.270 e. The summed E-state index contributed by atoms with van der Waals surface area (Å²) in [6, 6.07) is 13.2. The zero-order chi connectivity index (χ0) is 19.7. The van der Waals surface area contributed by atoms with Crippen LogP contribution in [0.5, 0.6) is 0 Å². The lowest BCUT2D eigenvalue weighted by Crippen LogP contribution is -2.13. The van der Waals surface area contributed by atoms with Crippen LogP contribution in [0.3, 0.4) is 0 Å². The number of benzene rings is 2. The minimum atomic E-state index is -0.655. The first-order valence-corrected chi connectivity index (χ1v) is 9.52.